The summed E-state index contributed by atoms with van der Waals surface area (Å²) in [4.78, 5) is 22.3. The number of hydrogen-bond acceptors (Lipinski definition) is 5. The standard InChI is InChI=1S/C14H22N4O3.ClH/c1-3-8-14(2,15)13(19)17-10-9-16-11-6-4-5-7-12(11)18(20)21;/h4-7,16H,3,8-10,15H2,1-2H3,(H,17,19);1H. The zero-order valence-electron chi connectivity index (χ0n) is 12.8. The summed E-state index contributed by atoms with van der Waals surface area (Å²) in [7, 11) is 0. The van der Waals surface area contributed by atoms with E-state index in [1.807, 2.05) is 6.92 Å². The van der Waals surface area contributed by atoms with Crippen LogP contribution in [0.5, 0.6) is 0 Å². The monoisotopic (exact) mass is 330 g/mol. The van der Waals surface area contributed by atoms with Crippen LogP contribution >= 0.6 is 12.4 Å². The lowest BCUT2D eigenvalue weighted by molar-refractivity contribution is -0.384. The molecule has 0 heterocycles. The summed E-state index contributed by atoms with van der Waals surface area (Å²) < 4.78 is 0. The number of carbonyl (C=O) groups is 1. The maximum atomic E-state index is 11.9. The van der Waals surface area contributed by atoms with Crippen LogP contribution in [0.1, 0.15) is 26.7 Å². The zero-order valence-corrected chi connectivity index (χ0v) is 13.6. The molecule has 0 spiro atoms. The van der Waals surface area contributed by atoms with Crippen molar-refractivity contribution in [1.82, 2.24) is 5.32 Å². The Hall–Kier alpha value is -1.86. The highest BCUT2D eigenvalue weighted by Gasteiger charge is 2.26. The Morgan fingerprint density at radius 3 is 2.59 bits per heavy atom. The molecule has 0 radical (unpaired) electrons. The fraction of sp³-hybridized carbons (Fsp3) is 0.500. The lowest BCUT2D eigenvalue weighted by Crippen LogP contribution is -2.52. The average Bonchev–Trinajstić information content (AvgIpc) is 2.43. The molecule has 0 fully saturated rings. The first-order valence-corrected chi connectivity index (χ1v) is 6.93. The lowest BCUT2D eigenvalue weighted by atomic mass is 9.97. The van der Waals surface area contributed by atoms with Crippen LogP contribution in [0, 0.1) is 10.1 Å². The molecule has 1 unspecified atom stereocenters. The Kier molecular flexibility index (Phi) is 8.44. The van der Waals surface area contributed by atoms with Crippen molar-refractivity contribution in [3.05, 3.63) is 34.4 Å². The van der Waals surface area contributed by atoms with E-state index < -0.39 is 10.5 Å². The number of anilines is 1. The minimum atomic E-state index is -0.881. The van der Waals surface area contributed by atoms with Crippen molar-refractivity contribution in [2.45, 2.75) is 32.2 Å². The Morgan fingerprint density at radius 1 is 1.36 bits per heavy atom. The number of nitrogens with one attached hydrogen (secondary N) is 2. The Morgan fingerprint density at radius 2 is 2.00 bits per heavy atom. The topological polar surface area (TPSA) is 110 Å². The normalized spacial score (nSPS) is 12.7. The largest absolute Gasteiger partial charge is 0.378 e. The molecule has 0 aliphatic rings. The molecule has 1 amide bonds. The summed E-state index contributed by atoms with van der Waals surface area (Å²) in [5.74, 6) is -0.214. The van der Waals surface area contributed by atoms with Crippen LogP contribution in [0.3, 0.4) is 0 Å². The maximum absolute atomic E-state index is 11.9. The zero-order chi connectivity index (χ0) is 15.9. The van der Waals surface area contributed by atoms with E-state index in [-0.39, 0.29) is 24.0 Å². The van der Waals surface area contributed by atoms with Gasteiger partial charge in [0, 0.05) is 19.2 Å². The second-order valence-electron chi connectivity index (χ2n) is 5.12. The van der Waals surface area contributed by atoms with Gasteiger partial charge in [-0.2, -0.15) is 0 Å². The summed E-state index contributed by atoms with van der Waals surface area (Å²) in [6.07, 6.45) is 1.44. The maximum Gasteiger partial charge on any atom is 0.292 e. The van der Waals surface area contributed by atoms with E-state index in [1.165, 1.54) is 6.07 Å². The van der Waals surface area contributed by atoms with Gasteiger partial charge in [0.2, 0.25) is 5.91 Å². The van der Waals surface area contributed by atoms with E-state index in [4.69, 9.17) is 5.73 Å². The molecule has 1 rings (SSSR count). The molecule has 8 heteroatoms. The van der Waals surface area contributed by atoms with Crippen LogP contribution in [0.25, 0.3) is 0 Å². The van der Waals surface area contributed by atoms with Crippen LogP contribution in [0.15, 0.2) is 24.3 Å². The van der Waals surface area contributed by atoms with E-state index >= 15 is 0 Å². The van der Waals surface area contributed by atoms with Crippen molar-refractivity contribution in [3.63, 3.8) is 0 Å². The van der Waals surface area contributed by atoms with Crippen molar-refractivity contribution in [2.24, 2.45) is 5.73 Å². The van der Waals surface area contributed by atoms with E-state index in [0.717, 1.165) is 6.42 Å². The number of rotatable bonds is 8. The van der Waals surface area contributed by atoms with Gasteiger partial charge in [0.1, 0.15) is 5.69 Å². The van der Waals surface area contributed by atoms with Gasteiger partial charge in [-0.3, -0.25) is 14.9 Å². The molecule has 22 heavy (non-hydrogen) atoms. The van der Waals surface area contributed by atoms with Crippen molar-refractivity contribution in [3.8, 4) is 0 Å². The highest BCUT2D eigenvalue weighted by molar-refractivity contribution is 5.85. The number of nitrogens with zero attached hydrogens (tertiary/aromatic N) is 1. The van der Waals surface area contributed by atoms with Crippen LogP contribution in [0.4, 0.5) is 11.4 Å². The van der Waals surface area contributed by atoms with Crippen molar-refractivity contribution < 1.29 is 9.72 Å². The average molecular weight is 331 g/mol. The predicted molar refractivity (Wildman–Crippen MR) is 89.3 cm³/mol. The van der Waals surface area contributed by atoms with Gasteiger partial charge in [0.15, 0.2) is 0 Å². The van der Waals surface area contributed by atoms with Gasteiger partial charge in [0.05, 0.1) is 10.5 Å². The smallest absolute Gasteiger partial charge is 0.292 e. The lowest BCUT2D eigenvalue weighted by Gasteiger charge is -2.22. The van der Waals surface area contributed by atoms with Gasteiger partial charge in [-0.25, -0.2) is 0 Å². The van der Waals surface area contributed by atoms with Crippen LogP contribution in [0.2, 0.25) is 0 Å². The molecular formula is C14H23ClN4O3. The second-order valence-corrected chi connectivity index (χ2v) is 5.12. The first-order valence-electron chi connectivity index (χ1n) is 6.93. The molecule has 0 bridgehead atoms. The Bertz CT molecular complexity index is 509. The molecule has 7 nitrogen and oxygen atoms in total. The first kappa shape index (κ1) is 20.1. The molecule has 124 valence electrons. The van der Waals surface area contributed by atoms with Crippen molar-refractivity contribution >= 4 is 29.7 Å². The number of hydrogen-bond donors (Lipinski definition) is 3. The number of nitro groups is 1. The fourth-order valence-electron chi connectivity index (χ4n) is 1.99. The minimum Gasteiger partial charge on any atom is -0.378 e. The van der Waals surface area contributed by atoms with E-state index in [0.29, 0.717) is 25.2 Å². The van der Waals surface area contributed by atoms with Crippen LogP contribution < -0.4 is 16.4 Å². The van der Waals surface area contributed by atoms with E-state index in [2.05, 4.69) is 10.6 Å². The molecule has 1 aromatic rings. The summed E-state index contributed by atoms with van der Waals surface area (Å²) in [6, 6.07) is 6.38. The third-order valence-corrected chi connectivity index (χ3v) is 3.11. The molecule has 1 atom stereocenters. The quantitative estimate of drug-likeness (QED) is 0.384. The van der Waals surface area contributed by atoms with Gasteiger partial charge in [-0.1, -0.05) is 25.5 Å². The van der Waals surface area contributed by atoms with Gasteiger partial charge in [0.25, 0.3) is 5.69 Å². The van der Waals surface area contributed by atoms with Gasteiger partial charge >= 0.3 is 0 Å². The molecule has 0 aromatic heterocycles. The number of nitrogens with two attached hydrogens (primary N) is 1. The number of carbonyl (C=O) groups excluding carboxylic acids is 1. The molecule has 0 aliphatic carbocycles. The number of halogens is 1. The predicted octanol–water partition coefficient (Wildman–Crippen LogP) is 2.06. The summed E-state index contributed by atoms with van der Waals surface area (Å²) >= 11 is 0. The summed E-state index contributed by atoms with van der Waals surface area (Å²) in [5, 5.41) is 16.5. The van der Waals surface area contributed by atoms with Crippen molar-refractivity contribution in [1.29, 1.82) is 0 Å². The van der Waals surface area contributed by atoms with E-state index in [1.54, 1.807) is 25.1 Å². The molecular weight excluding hydrogens is 308 g/mol. The van der Waals surface area contributed by atoms with Gasteiger partial charge < -0.3 is 16.4 Å². The Balaban J connectivity index is 0.00000441. The molecule has 4 N–H and O–H groups in total. The van der Waals surface area contributed by atoms with E-state index in [9.17, 15) is 14.9 Å². The third-order valence-electron chi connectivity index (χ3n) is 3.11. The first-order chi connectivity index (χ1) is 9.88. The number of para-hydroxylation sites is 2. The number of nitro benzene ring substituents is 1. The van der Waals surface area contributed by atoms with Gasteiger partial charge in [-0.05, 0) is 19.4 Å². The molecule has 0 aliphatic heterocycles. The fourth-order valence-corrected chi connectivity index (χ4v) is 1.99. The summed E-state index contributed by atoms with van der Waals surface area (Å²) in [5.41, 5.74) is 5.47. The highest BCUT2D eigenvalue weighted by Crippen LogP contribution is 2.22. The van der Waals surface area contributed by atoms with Gasteiger partial charge in [-0.15, -0.1) is 12.4 Å². The Labute approximate surface area is 136 Å². The highest BCUT2D eigenvalue weighted by atomic mass is 35.5. The molecule has 0 saturated carbocycles. The third kappa shape index (κ3) is 5.87. The van der Waals surface area contributed by atoms with Crippen LogP contribution in [-0.4, -0.2) is 29.5 Å². The number of amides is 1. The van der Waals surface area contributed by atoms with Crippen molar-refractivity contribution in [2.75, 3.05) is 18.4 Å². The summed E-state index contributed by atoms with van der Waals surface area (Å²) in [6.45, 7) is 4.40. The molecule has 1 aromatic carbocycles. The SMILES string of the molecule is CCCC(C)(N)C(=O)NCCNc1ccccc1[N+](=O)[O-].Cl. The minimum absolute atomic E-state index is 0. The van der Waals surface area contributed by atoms with Crippen LogP contribution in [-0.2, 0) is 4.79 Å². The molecule has 0 saturated heterocycles. The number of benzene rings is 1. The second kappa shape index (κ2) is 9.22.